The zero-order chi connectivity index (χ0) is 37.5. The molecule has 5 aromatic rings. The maximum absolute atomic E-state index is 13.4. The molecule has 0 spiro atoms. The van der Waals surface area contributed by atoms with Crippen molar-refractivity contribution in [3.63, 3.8) is 0 Å². The summed E-state index contributed by atoms with van der Waals surface area (Å²) in [4.78, 5) is 31.2. The third-order valence-corrected chi connectivity index (χ3v) is 12.1. The number of benzene rings is 2. The molecular weight excluding hydrogens is 757 g/mol. The van der Waals surface area contributed by atoms with Gasteiger partial charge >= 0.3 is 5.97 Å². The predicted molar refractivity (Wildman–Crippen MR) is 210 cm³/mol. The van der Waals surface area contributed by atoms with Gasteiger partial charge in [-0.25, -0.2) is 4.79 Å². The largest absolute Gasteiger partial charge is 0.506 e. The summed E-state index contributed by atoms with van der Waals surface area (Å²) in [7, 11) is 3.67. The van der Waals surface area contributed by atoms with Gasteiger partial charge in [-0.1, -0.05) is 29.8 Å². The number of hydrogen-bond donors (Lipinski definition) is 5. The Labute approximate surface area is 325 Å². The summed E-state index contributed by atoms with van der Waals surface area (Å²) in [5.74, 6) is 0.411. The second-order valence-electron chi connectivity index (χ2n) is 13.2. The number of rotatable bonds is 16. The van der Waals surface area contributed by atoms with E-state index in [1.54, 1.807) is 37.4 Å². The van der Waals surface area contributed by atoms with Crippen molar-refractivity contribution in [2.45, 2.75) is 62.5 Å². The van der Waals surface area contributed by atoms with Crippen molar-refractivity contribution in [3.8, 4) is 17.2 Å². The number of aliphatic hydroxyl groups excluding tert-OH is 1. The van der Waals surface area contributed by atoms with E-state index in [0.717, 1.165) is 44.2 Å². The van der Waals surface area contributed by atoms with Gasteiger partial charge in [-0.05, 0) is 91.4 Å². The number of thiophene rings is 2. The normalized spacial score (nSPS) is 16.6. The summed E-state index contributed by atoms with van der Waals surface area (Å²) < 4.78 is 17.6. The first-order valence-corrected chi connectivity index (χ1v) is 19.7. The van der Waals surface area contributed by atoms with E-state index in [2.05, 4.69) is 22.2 Å². The van der Waals surface area contributed by atoms with Crippen molar-refractivity contribution in [1.82, 2.24) is 15.2 Å². The lowest BCUT2D eigenvalue weighted by molar-refractivity contribution is -0.169. The highest BCUT2D eigenvalue weighted by Gasteiger charge is 2.45. The van der Waals surface area contributed by atoms with E-state index in [-0.39, 0.29) is 34.2 Å². The van der Waals surface area contributed by atoms with Gasteiger partial charge in [0.2, 0.25) is 11.2 Å². The Hall–Kier alpha value is -4.02. The molecule has 1 saturated carbocycles. The van der Waals surface area contributed by atoms with Crippen LogP contribution in [0.2, 0.25) is 5.02 Å². The lowest BCUT2D eigenvalue weighted by Crippen LogP contribution is -2.42. The van der Waals surface area contributed by atoms with Crippen LogP contribution in [0, 0.1) is 0 Å². The van der Waals surface area contributed by atoms with Crippen molar-refractivity contribution in [2.24, 2.45) is 0 Å². The monoisotopic (exact) mass is 801 g/mol. The van der Waals surface area contributed by atoms with Crippen LogP contribution >= 0.6 is 34.3 Å². The zero-order valence-corrected chi connectivity index (χ0v) is 32.3. The second kappa shape index (κ2) is 18.5. The van der Waals surface area contributed by atoms with E-state index < -0.39 is 17.7 Å². The Bertz CT molecular complexity index is 2000. The third kappa shape index (κ3) is 9.25. The maximum Gasteiger partial charge on any atom is 0.349 e. The molecule has 15 heteroatoms. The van der Waals surface area contributed by atoms with Crippen LogP contribution in [0.4, 0.5) is 4.70 Å². The lowest BCUT2D eigenvalue weighted by Gasteiger charge is -2.35. The van der Waals surface area contributed by atoms with Crippen LogP contribution in [-0.4, -0.2) is 77.2 Å². The molecule has 0 radical (unpaired) electrons. The number of H-pyrrole nitrogens is 1. The molecule has 5 N–H and O–H groups in total. The summed E-state index contributed by atoms with van der Waals surface area (Å²) in [6.45, 7) is 1.76. The number of carbonyl (C=O) groups is 1. The number of nitrogens with one attached hydrogen (secondary N) is 2. The van der Waals surface area contributed by atoms with E-state index in [9.17, 15) is 24.9 Å². The van der Waals surface area contributed by atoms with E-state index >= 15 is 0 Å². The zero-order valence-electron chi connectivity index (χ0n) is 30.0. The van der Waals surface area contributed by atoms with Crippen molar-refractivity contribution in [3.05, 3.63) is 108 Å². The van der Waals surface area contributed by atoms with Gasteiger partial charge in [0.1, 0.15) is 23.4 Å². The van der Waals surface area contributed by atoms with Crippen molar-refractivity contribution in [2.75, 3.05) is 33.9 Å². The quantitative estimate of drug-likeness (QED) is 0.0554. The highest BCUT2D eigenvalue weighted by molar-refractivity contribution is 7.12. The molecule has 11 nitrogen and oxygen atoms in total. The third-order valence-electron chi connectivity index (χ3n) is 9.75. The summed E-state index contributed by atoms with van der Waals surface area (Å²) in [5, 5.41) is 40.6. The van der Waals surface area contributed by atoms with Crippen LogP contribution in [0.1, 0.15) is 59.1 Å². The van der Waals surface area contributed by atoms with E-state index in [1.807, 2.05) is 29.0 Å². The summed E-state index contributed by atoms with van der Waals surface area (Å²) in [6, 6.07) is 17.1. The van der Waals surface area contributed by atoms with Crippen LogP contribution in [0.3, 0.4) is 0 Å². The first-order chi connectivity index (χ1) is 25.6. The molecule has 0 aliphatic heterocycles. The molecule has 0 unspecified atom stereocenters. The summed E-state index contributed by atoms with van der Waals surface area (Å²) >= 11 is 9.45. The van der Waals surface area contributed by atoms with Gasteiger partial charge in [0.15, 0.2) is 0 Å². The number of hydrogen-bond acceptors (Lipinski definition) is 12. The number of esters is 1. The molecule has 290 valence electrons. The van der Waals surface area contributed by atoms with E-state index in [0.29, 0.717) is 56.4 Å². The fourth-order valence-corrected chi connectivity index (χ4v) is 8.74. The molecule has 0 bridgehead atoms. The van der Waals surface area contributed by atoms with Gasteiger partial charge in [-0.2, -0.15) is 0 Å². The molecule has 0 saturated heterocycles. The number of phenols is 1. The number of ether oxygens (including phenoxy) is 3. The van der Waals surface area contributed by atoms with Gasteiger partial charge in [0.25, 0.3) is 0 Å². The van der Waals surface area contributed by atoms with Crippen LogP contribution in [-0.2, 0) is 21.7 Å². The van der Waals surface area contributed by atoms with Crippen LogP contribution in [0.25, 0.3) is 10.9 Å². The average Bonchev–Trinajstić information content (AvgIpc) is 3.91. The molecule has 2 aromatic carbocycles. The summed E-state index contributed by atoms with van der Waals surface area (Å²) in [6.07, 6.45) is 2.80. The molecule has 1 aliphatic rings. The number of aromatic hydroxyl groups is 1. The van der Waals surface area contributed by atoms with Gasteiger partial charge in [-0.3, -0.25) is 9.50 Å². The number of halogens is 2. The number of aromatic nitrogens is 1. The number of nitrogens with zero attached hydrogens (tertiary/aromatic N) is 1. The maximum atomic E-state index is 13.4. The Kier molecular flexibility index (Phi) is 14.1. The van der Waals surface area contributed by atoms with Gasteiger partial charge in [0.05, 0.1) is 40.1 Å². The molecule has 6 rings (SSSR count). The Morgan fingerprint density at radius 2 is 1.78 bits per heavy atom. The number of pyridine rings is 1. The molecule has 0 amide bonds. The highest BCUT2D eigenvalue weighted by Crippen LogP contribution is 2.38. The highest BCUT2D eigenvalue weighted by atomic mass is 35.5. The number of aliphatic hydroxyl groups is 2. The molecule has 1 aliphatic carbocycles. The Balaban J connectivity index is 0.00000561. The van der Waals surface area contributed by atoms with Crippen LogP contribution in [0.5, 0.6) is 17.2 Å². The number of methoxy groups -OCH3 is 1. The Morgan fingerprint density at radius 3 is 2.43 bits per heavy atom. The molecule has 54 heavy (non-hydrogen) atoms. The minimum atomic E-state index is -1.80. The van der Waals surface area contributed by atoms with E-state index in [1.165, 1.54) is 34.8 Å². The molecule has 1 fully saturated rings. The van der Waals surface area contributed by atoms with Gasteiger partial charge in [0, 0.05) is 43.2 Å². The fraction of sp³-hybridized carbons (Fsp3) is 0.385. The van der Waals surface area contributed by atoms with Gasteiger partial charge in [-0.15, -0.1) is 22.7 Å². The van der Waals surface area contributed by atoms with Crippen molar-refractivity contribution >= 4 is 51.1 Å². The van der Waals surface area contributed by atoms with Crippen LogP contribution in [0.15, 0.2) is 76.2 Å². The Morgan fingerprint density at radius 1 is 1.07 bits per heavy atom. The minimum Gasteiger partial charge on any atom is -0.506 e. The molecular formula is C39H45ClFN3O8S2. The number of fused-ring (bicyclic) bond motifs is 1. The summed E-state index contributed by atoms with van der Waals surface area (Å²) in [5.41, 5.74) is -0.553. The van der Waals surface area contributed by atoms with Gasteiger partial charge < -0.3 is 44.7 Å². The first kappa shape index (κ1) is 41.1. The predicted octanol–water partition coefficient (Wildman–Crippen LogP) is 6.49. The lowest BCUT2D eigenvalue weighted by atomic mass is 9.91. The number of phenolic OH excluding ortho intramolecular Hbond substituents is 1. The molecule has 3 aromatic heterocycles. The second-order valence-corrected chi connectivity index (χ2v) is 15.5. The van der Waals surface area contributed by atoms with Crippen LogP contribution < -0.4 is 20.3 Å². The smallest absolute Gasteiger partial charge is 0.349 e. The minimum absolute atomic E-state index is 0. The SMILES string of the molecule is COc1cc(CNC[C@H](O)c2ccc(O)c3[nH]c(=O)ccc23)c(Cl)c(OCCCN(C)[C@H]2CC[C@H](OC(=O)C(O)(c3cccs3)c3cccs3)CC2)c1.F. The topological polar surface area (TPSA) is 154 Å². The number of carbonyl (C=O) groups excluding carboxylic acids is 1. The van der Waals surface area contributed by atoms with E-state index in [4.69, 9.17) is 25.8 Å². The molecule has 3 heterocycles. The molecule has 1 atom stereocenters. The first-order valence-electron chi connectivity index (χ1n) is 17.5. The van der Waals surface area contributed by atoms with Crippen molar-refractivity contribution in [1.29, 1.82) is 0 Å². The van der Waals surface area contributed by atoms with Crippen molar-refractivity contribution < 1.29 is 39.0 Å². The average molecular weight is 802 g/mol. The fourth-order valence-electron chi connectivity index (χ4n) is 6.79. The number of aromatic amines is 1. The standard InChI is InChI=1S/C39H44ClN3O8S2.FH/c1-43(25-8-10-26(11-9-25)51-38(47)39(48,33-6-3-18-52-33)34-7-4-19-53-34)16-5-17-50-32-21-27(49-2)20-24(36(32)40)22-41-23-31(45)28-12-14-30(44)37-29(28)13-15-35(46)42-37;/h3-4,6-7,12-15,18-21,25-26,31,41,44-45,48H,5,8-11,16-17,22-23H2,1-2H3,(H,42,46);1H/t25-,26-,31-;/m0./s1.